The lowest BCUT2D eigenvalue weighted by atomic mass is 10.0. The van der Waals surface area contributed by atoms with Gasteiger partial charge in [-0.15, -0.1) is 0 Å². The van der Waals surface area contributed by atoms with Crippen LogP contribution in [0.25, 0.3) is 10.8 Å². The summed E-state index contributed by atoms with van der Waals surface area (Å²) in [5.41, 5.74) is 1.91. The molecule has 2 aromatic carbocycles. The first-order valence-corrected chi connectivity index (χ1v) is 5.39. The molecule has 0 atom stereocenters. The number of fused-ring (bicyclic) bond motifs is 1. The molecule has 88 valence electrons. The second kappa shape index (κ2) is 4.45. The van der Waals surface area contributed by atoms with Gasteiger partial charge in [-0.3, -0.25) is 4.79 Å². The summed E-state index contributed by atoms with van der Waals surface area (Å²) < 4.78 is 5.31. The number of methoxy groups -OCH3 is 1. The second-order valence-corrected chi connectivity index (χ2v) is 4.09. The molecule has 0 bridgehead atoms. The zero-order valence-corrected chi connectivity index (χ0v) is 9.86. The number of ether oxygens (including phenoxy) is 1. The Morgan fingerprint density at radius 3 is 2.71 bits per heavy atom. The molecule has 0 saturated heterocycles. The van der Waals surface area contributed by atoms with Crippen LogP contribution >= 0.6 is 0 Å². The van der Waals surface area contributed by atoms with Crippen molar-refractivity contribution in [3.05, 3.63) is 41.5 Å². The number of hydrogen-bond donors (Lipinski definition) is 1. The molecule has 2 rings (SSSR count). The van der Waals surface area contributed by atoms with Crippen LogP contribution in [0.15, 0.2) is 30.3 Å². The van der Waals surface area contributed by atoms with E-state index in [0.717, 1.165) is 27.6 Å². The molecule has 0 fully saturated rings. The SMILES string of the molecule is COc1cc(CC(=O)O)cc2ccc(C)cc12. The molecule has 0 aliphatic heterocycles. The monoisotopic (exact) mass is 230 g/mol. The zero-order chi connectivity index (χ0) is 12.4. The minimum atomic E-state index is -0.835. The number of aryl methyl sites for hydroxylation is 1. The van der Waals surface area contributed by atoms with E-state index in [2.05, 4.69) is 0 Å². The average Bonchev–Trinajstić information content (AvgIpc) is 2.27. The molecular formula is C14H14O3. The molecule has 2 aromatic rings. The van der Waals surface area contributed by atoms with Crippen LogP contribution in [0.5, 0.6) is 5.75 Å². The Morgan fingerprint density at radius 1 is 1.29 bits per heavy atom. The maximum Gasteiger partial charge on any atom is 0.307 e. The average molecular weight is 230 g/mol. The Kier molecular flexibility index (Phi) is 3.00. The summed E-state index contributed by atoms with van der Waals surface area (Å²) in [5, 5.41) is 10.8. The summed E-state index contributed by atoms with van der Waals surface area (Å²) in [6, 6.07) is 9.71. The Balaban J connectivity index is 2.61. The van der Waals surface area contributed by atoms with Gasteiger partial charge in [0.05, 0.1) is 13.5 Å². The van der Waals surface area contributed by atoms with Crippen LogP contribution < -0.4 is 4.74 Å². The predicted octanol–water partition coefficient (Wildman–Crippen LogP) is 2.78. The lowest BCUT2D eigenvalue weighted by molar-refractivity contribution is -0.136. The van der Waals surface area contributed by atoms with Crippen LogP contribution in [0.3, 0.4) is 0 Å². The van der Waals surface area contributed by atoms with E-state index in [9.17, 15) is 4.79 Å². The van der Waals surface area contributed by atoms with Crippen LogP contribution in [0, 0.1) is 6.92 Å². The van der Waals surface area contributed by atoms with Crippen molar-refractivity contribution in [3.63, 3.8) is 0 Å². The number of rotatable bonds is 3. The molecule has 0 heterocycles. The first-order chi connectivity index (χ1) is 8.10. The van der Waals surface area contributed by atoms with Gasteiger partial charge in [0, 0.05) is 5.39 Å². The summed E-state index contributed by atoms with van der Waals surface area (Å²) in [4.78, 5) is 10.7. The number of carbonyl (C=O) groups is 1. The molecule has 0 aromatic heterocycles. The van der Waals surface area contributed by atoms with E-state index in [4.69, 9.17) is 9.84 Å². The number of carboxylic acids is 1. The summed E-state index contributed by atoms with van der Waals surface area (Å²) in [7, 11) is 1.60. The maximum atomic E-state index is 10.7. The van der Waals surface area contributed by atoms with Crippen molar-refractivity contribution >= 4 is 16.7 Å². The highest BCUT2D eigenvalue weighted by Crippen LogP contribution is 2.28. The Labute approximate surface area is 99.6 Å². The topological polar surface area (TPSA) is 46.5 Å². The molecule has 0 saturated carbocycles. The third-order valence-corrected chi connectivity index (χ3v) is 2.71. The predicted molar refractivity (Wildman–Crippen MR) is 66.6 cm³/mol. The van der Waals surface area contributed by atoms with Crippen LogP contribution in [0.1, 0.15) is 11.1 Å². The molecule has 3 heteroatoms. The quantitative estimate of drug-likeness (QED) is 0.881. The molecule has 17 heavy (non-hydrogen) atoms. The van der Waals surface area contributed by atoms with Gasteiger partial charge in [-0.05, 0) is 30.0 Å². The molecule has 0 radical (unpaired) electrons. The van der Waals surface area contributed by atoms with Gasteiger partial charge in [-0.2, -0.15) is 0 Å². The van der Waals surface area contributed by atoms with Crippen molar-refractivity contribution in [2.24, 2.45) is 0 Å². The minimum Gasteiger partial charge on any atom is -0.496 e. The summed E-state index contributed by atoms with van der Waals surface area (Å²) >= 11 is 0. The van der Waals surface area contributed by atoms with Crippen molar-refractivity contribution in [1.82, 2.24) is 0 Å². The summed E-state index contributed by atoms with van der Waals surface area (Å²) in [5.74, 6) is -0.110. The summed E-state index contributed by atoms with van der Waals surface area (Å²) in [6.45, 7) is 2.02. The third kappa shape index (κ3) is 2.38. The van der Waals surface area contributed by atoms with E-state index in [-0.39, 0.29) is 6.42 Å². The van der Waals surface area contributed by atoms with Gasteiger partial charge in [-0.1, -0.05) is 23.8 Å². The molecule has 3 nitrogen and oxygen atoms in total. The Morgan fingerprint density at radius 2 is 2.06 bits per heavy atom. The molecule has 0 amide bonds. The van der Waals surface area contributed by atoms with Gasteiger partial charge in [-0.25, -0.2) is 0 Å². The molecule has 0 spiro atoms. The Hall–Kier alpha value is -2.03. The van der Waals surface area contributed by atoms with Gasteiger partial charge in [0.25, 0.3) is 0 Å². The first kappa shape index (κ1) is 11.5. The van der Waals surface area contributed by atoms with E-state index in [0.29, 0.717) is 0 Å². The van der Waals surface area contributed by atoms with E-state index < -0.39 is 5.97 Å². The molecule has 0 aliphatic rings. The van der Waals surface area contributed by atoms with E-state index in [1.807, 2.05) is 31.2 Å². The Bertz CT molecular complexity index is 573. The lowest BCUT2D eigenvalue weighted by Gasteiger charge is -2.09. The van der Waals surface area contributed by atoms with Crippen molar-refractivity contribution in [1.29, 1.82) is 0 Å². The fourth-order valence-electron chi connectivity index (χ4n) is 1.94. The van der Waals surface area contributed by atoms with Gasteiger partial charge in [0.15, 0.2) is 0 Å². The highest BCUT2D eigenvalue weighted by atomic mass is 16.5. The number of aliphatic carboxylic acids is 1. The van der Waals surface area contributed by atoms with Crippen molar-refractivity contribution < 1.29 is 14.6 Å². The highest BCUT2D eigenvalue weighted by molar-refractivity contribution is 5.90. The van der Waals surface area contributed by atoms with Crippen LogP contribution in [0.2, 0.25) is 0 Å². The molecule has 0 aliphatic carbocycles. The third-order valence-electron chi connectivity index (χ3n) is 2.71. The summed E-state index contributed by atoms with van der Waals surface area (Å²) in [6.07, 6.45) is 0.0141. The van der Waals surface area contributed by atoms with Gasteiger partial charge in [0.1, 0.15) is 5.75 Å². The second-order valence-electron chi connectivity index (χ2n) is 4.09. The fourth-order valence-corrected chi connectivity index (χ4v) is 1.94. The molecular weight excluding hydrogens is 216 g/mol. The van der Waals surface area contributed by atoms with Crippen molar-refractivity contribution in [2.45, 2.75) is 13.3 Å². The van der Waals surface area contributed by atoms with Crippen LogP contribution in [-0.4, -0.2) is 18.2 Å². The maximum absolute atomic E-state index is 10.7. The smallest absolute Gasteiger partial charge is 0.307 e. The van der Waals surface area contributed by atoms with Crippen LogP contribution in [0.4, 0.5) is 0 Å². The number of carboxylic acid groups (broad SMARTS) is 1. The normalized spacial score (nSPS) is 10.5. The van der Waals surface area contributed by atoms with Crippen molar-refractivity contribution in [3.8, 4) is 5.75 Å². The lowest BCUT2D eigenvalue weighted by Crippen LogP contribution is -2.00. The number of hydrogen-bond acceptors (Lipinski definition) is 2. The van der Waals surface area contributed by atoms with E-state index in [1.165, 1.54) is 0 Å². The molecule has 1 N–H and O–H groups in total. The van der Waals surface area contributed by atoms with Crippen molar-refractivity contribution in [2.75, 3.05) is 7.11 Å². The number of benzene rings is 2. The van der Waals surface area contributed by atoms with Gasteiger partial charge < -0.3 is 9.84 Å². The molecule has 0 unspecified atom stereocenters. The zero-order valence-electron chi connectivity index (χ0n) is 9.86. The van der Waals surface area contributed by atoms with E-state index in [1.54, 1.807) is 13.2 Å². The van der Waals surface area contributed by atoms with Crippen LogP contribution in [-0.2, 0) is 11.2 Å². The highest BCUT2D eigenvalue weighted by Gasteiger charge is 2.07. The van der Waals surface area contributed by atoms with Gasteiger partial charge in [0.2, 0.25) is 0 Å². The first-order valence-electron chi connectivity index (χ1n) is 5.39. The minimum absolute atomic E-state index is 0.0141. The standard InChI is InChI=1S/C14H14O3/c1-9-3-4-11-6-10(8-14(15)16)7-13(17-2)12(11)5-9/h3-7H,8H2,1-2H3,(H,15,16). The van der Waals surface area contributed by atoms with E-state index >= 15 is 0 Å². The largest absolute Gasteiger partial charge is 0.496 e. The fraction of sp³-hybridized carbons (Fsp3) is 0.214. The van der Waals surface area contributed by atoms with Gasteiger partial charge >= 0.3 is 5.97 Å².